The number of rotatable bonds is 3. The van der Waals surface area contributed by atoms with Gasteiger partial charge in [0.05, 0.1) is 5.56 Å². The lowest BCUT2D eigenvalue weighted by Gasteiger charge is -2.26. The number of alkyl halides is 3. The molecule has 2 rings (SSSR count). The summed E-state index contributed by atoms with van der Waals surface area (Å²) in [7, 11) is -5.78. The van der Waals surface area contributed by atoms with Crippen LogP contribution < -0.4 is 4.18 Å². The van der Waals surface area contributed by atoms with Crippen LogP contribution >= 0.6 is 0 Å². The Balaban J connectivity index is 2.26. The van der Waals surface area contributed by atoms with Gasteiger partial charge in [-0.25, -0.2) is 0 Å². The van der Waals surface area contributed by atoms with Crippen molar-refractivity contribution in [1.82, 2.24) is 0 Å². The summed E-state index contributed by atoms with van der Waals surface area (Å²) in [6.07, 6.45) is 3.97. The Morgan fingerprint density at radius 3 is 2.35 bits per heavy atom. The third-order valence-corrected chi connectivity index (χ3v) is 5.06. The fourth-order valence-corrected chi connectivity index (χ4v) is 3.20. The van der Waals surface area contributed by atoms with Crippen LogP contribution in [0.25, 0.3) is 0 Å². The molecule has 1 aromatic rings. The van der Waals surface area contributed by atoms with Crippen molar-refractivity contribution in [3.8, 4) is 11.8 Å². The lowest BCUT2D eigenvalue weighted by molar-refractivity contribution is -0.0500. The normalized spacial score (nSPS) is 22.4. The Bertz CT molecular complexity index is 714. The monoisotopic (exact) mass is 347 g/mol. The molecule has 1 saturated carbocycles. The van der Waals surface area contributed by atoms with Gasteiger partial charge in [-0.1, -0.05) is 25.8 Å². The maximum absolute atomic E-state index is 12.4. The number of nitriles is 1. The molecule has 0 aliphatic heterocycles. The summed E-state index contributed by atoms with van der Waals surface area (Å²) in [5, 5.41) is 9.08. The third-order valence-electron chi connectivity index (χ3n) is 4.09. The smallest absolute Gasteiger partial charge is 0.375 e. The second-order valence-corrected chi connectivity index (χ2v) is 7.35. The lowest BCUT2D eigenvalue weighted by atomic mass is 9.79. The van der Waals surface area contributed by atoms with Gasteiger partial charge in [0.25, 0.3) is 0 Å². The molecular weight excluding hydrogens is 331 g/mol. The molecule has 0 aromatic heterocycles. The Labute approximate surface area is 133 Å². The molecule has 8 heteroatoms. The van der Waals surface area contributed by atoms with Crippen molar-refractivity contribution in [2.75, 3.05) is 0 Å². The van der Waals surface area contributed by atoms with E-state index < -0.39 is 21.4 Å². The fourth-order valence-electron chi connectivity index (χ4n) is 2.72. The van der Waals surface area contributed by atoms with Crippen molar-refractivity contribution >= 4 is 10.1 Å². The largest absolute Gasteiger partial charge is 0.534 e. The van der Waals surface area contributed by atoms with Gasteiger partial charge in [-0.15, -0.1) is 0 Å². The SMILES string of the molecule is CC1CCC(c2ccc(OS(=O)(=O)C(F)(F)F)c(C#N)c2)CC1. The van der Waals surface area contributed by atoms with E-state index in [1.54, 1.807) is 6.07 Å². The molecule has 23 heavy (non-hydrogen) atoms. The topological polar surface area (TPSA) is 67.2 Å². The highest BCUT2D eigenvalue weighted by molar-refractivity contribution is 7.88. The molecule has 0 bridgehead atoms. The summed E-state index contributed by atoms with van der Waals surface area (Å²) in [6, 6.07) is 5.77. The van der Waals surface area contributed by atoms with Crippen molar-refractivity contribution in [2.24, 2.45) is 5.92 Å². The van der Waals surface area contributed by atoms with Crippen LogP contribution in [0, 0.1) is 17.2 Å². The van der Waals surface area contributed by atoms with E-state index in [1.165, 1.54) is 12.1 Å². The zero-order valence-corrected chi connectivity index (χ0v) is 13.2. The van der Waals surface area contributed by atoms with Crippen LogP contribution in [0.5, 0.6) is 5.75 Å². The van der Waals surface area contributed by atoms with Gasteiger partial charge in [0.2, 0.25) is 0 Å². The first kappa shape index (κ1) is 17.6. The van der Waals surface area contributed by atoms with Crippen molar-refractivity contribution in [3.63, 3.8) is 0 Å². The van der Waals surface area contributed by atoms with E-state index in [9.17, 15) is 21.6 Å². The third kappa shape index (κ3) is 3.96. The quantitative estimate of drug-likeness (QED) is 0.610. The van der Waals surface area contributed by atoms with Gasteiger partial charge < -0.3 is 4.18 Å². The van der Waals surface area contributed by atoms with Crippen molar-refractivity contribution in [2.45, 2.75) is 44.0 Å². The first-order valence-electron chi connectivity index (χ1n) is 7.19. The van der Waals surface area contributed by atoms with Gasteiger partial charge in [0.1, 0.15) is 6.07 Å². The van der Waals surface area contributed by atoms with Crippen molar-refractivity contribution < 1.29 is 25.8 Å². The minimum atomic E-state index is -5.78. The van der Waals surface area contributed by atoms with E-state index in [0.717, 1.165) is 37.3 Å². The van der Waals surface area contributed by atoms with E-state index in [1.807, 2.05) is 0 Å². The molecule has 1 aromatic carbocycles. The van der Waals surface area contributed by atoms with E-state index >= 15 is 0 Å². The zero-order chi connectivity index (χ0) is 17.3. The average molecular weight is 347 g/mol. The first-order valence-corrected chi connectivity index (χ1v) is 8.59. The van der Waals surface area contributed by atoms with Crippen LogP contribution in [0.1, 0.15) is 49.7 Å². The summed E-state index contributed by atoms with van der Waals surface area (Å²) >= 11 is 0. The molecule has 4 nitrogen and oxygen atoms in total. The maximum atomic E-state index is 12.4. The van der Waals surface area contributed by atoms with Crippen LogP contribution in [0.15, 0.2) is 18.2 Å². The van der Waals surface area contributed by atoms with Gasteiger partial charge in [-0.2, -0.15) is 26.9 Å². The Hall–Kier alpha value is -1.75. The van der Waals surface area contributed by atoms with E-state index in [-0.39, 0.29) is 11.5 Å². The van der Waals surface area contributed by atoms with Crippen molar-refractivity contribution in [3.05, 3.63) is 29.3 Å². The molecule has 0 spiro atoms. The summed E-state index contributed by atoms with van der Waals surface area (Å²) in [4.78, 5) is 0. The van der Waals surface area contributed by atoms with E-state index in [2.05, 4.69) is 11.1 Å². The lowest BCUT2D eigenvalue weighted by Crippen LogP contribution is -2.28. The second-order valence-electron chi connectivity index (χ2n) is 5.81. The van der Waals surface area contributed by atoms with Gasteiger partial charge in [0, 0.05) is 0 Å². The highest BCUT2D eigenvalue weighted by atomic mass is 32.2. The van der Waals surface area contributed by atoms with Gasteiger partial charge >= 0.3 is 15.6 Å². The summed E-state index contributed by atoms with van der Waals surface area (Å²) in [6.45, 7) is 2.16. The predicted molar refractivity (Wildman–Crippen MR) is 77.1 cm³/mol. The molecular formula is C15H16F3NO3S. The van der Waals surface area contributed by atoms with E-state index in [4.69, 9.17) is 5.26 Å². The molecule has 126 valence electrons. The molecule has 0 saturated heterocycles. The molecule has 0 unspecified atom stereocenters. The highest BCUT2D eigenvalue weighted by Gasteiger charge is 2.48. The number of benzene rings is 1. The molecule has 0 N–H and O–H groups in total. The molecule has 1 aliphatic carbocycles. The fraction of sp³-hybridized carbons (Fsp3) is 0.533. The van der Waals surface area contributed by atoms with Gasteiger partial charge in [-0.05, 0) is 42.4 Å². The maximum Gasteiger partial charge on any atom is 0.534 e. The minimum absolute atomic E-state index is 0.214. The minimum Gasteiger partial charge on any atom is -0.375 e. The van der Waals surface area contributed by atoms with Gasteiger partial charge in [0.15, 0.2) is 5.75 Å². The second kappa shape index (κ2) is 6.40. The molecule has 0 radical (unpaired) electrons. The van der Waals surface area contributed by atoms with Crippen molar-refractivity contribution in [1.29, 1.82) is 5.26 Å². The average Bonchev–Trinajstić information content (AvgIpc) is 2.47. The highest BCUT2D eigenvalue weighted by Crippen LogP contribution is 2.37. The Morgan fingerprint density at radius 1 is 1.22 bits per heavy atom. The van der Waals surface area contributed by atoms with Crippen LogP contribution in [-0.2, 0) is 10.1 Å². The van der Waals surface area contributed by atoms with Crippen LogP contribution in [-0.4, -0.2) is 13.9 Å². The summed E-state index contributed by atoms with van der Waals surface area (Å²) in [5.74, 6) is 0.269. The number of hydrogen-bond acceptors (Lipinski definition) is 4. The number of nitrogens with zero attached hydrogens (tertiary/aromatic N) is 1. The summed E-state index contributed by atoms with van der Waals surface area (Å²) in [5.41, 5.74) is -4.92. The van der Waals surface area contributed by atoms with Crippen LogP contribution in [0.2, 0.25) is 0 Å². The summed E-state index contributed by atoms with van der Waals surface area (Å²) < 4.78 is 63.3. The first-order chi connectivity index (χ1) is 10.6. The van der Waals surface area contributed by atoms with Crippen LogP contribution in [0.3, 0.4) is 0 Å². The zero-order valence-electron chi connectivity index (χ0n) is 12.4. The Kier molecular flexibility index (Phi) is 4.90. The molecule has 1 fully saturated rings. The molecule has 1 aliphatic rings. The molecule has 0 atom stereocenters. The molecule has 0 heterocycles. The number of halogens is 3. The number of hydrogen-bond donors (Lipinski definition) is 0. The predicted octanol–water partition coefficient (Wildman–Crippen LogP) is 4.08. The Morgan fingerprint density at radius 2 is 1.83 bits per heavy atom. The van der Waals surface area contributed by atoms with E-state index in [0.29, 0.717) is 5.92 Å². The van der Waals surface area contributed by atoms with Gasteiger partial charge in [-0.3, -0.25) is 0 Å². The van der Waals surface area contributed by atoms with Crippen LogP contribution in [0.4, 0.5) is 13.2 Å². The molecule has 0 amide bonds. The standard InChI is InChI=1S/C15H16F3NO3S/c1-10-2-4-11(5-3-10)12-6-7-14(13(8-12)9-19)22-23(20,21)15(16,17)18/h6-8,10-11H,2-5H2,1H3.